The van der Waals surface area contributed by atoms with E-state index in [9.17, 15) is 9.59 Å². The number of ether oxygens (including phenoxy) is 1. The molecule has 1 amide bonds. The standard InChI is InChI=1S/C20H22ClN3O3/c1-27-17-13-18(25)24-7-3-6-16(24)19(17)20(26)23-10-8-22(9-11-23)15-5-2-4-14(21)12-15/h2,4-5,12-13H,3,6-11H2,1H3. The number of carbonyl (C=O) groups excluding carboxylic acids is 1. The van der Waals surface area contributed by atoms with E-state index in [1.165, 1.54) is 13.2 Å². The van der Waals surface area contributed by atoms with Gasteiger partial charge in [-0.3, -0.25) is 9.59 Å². The largest absolute Gasteiger partial charge is 0.496 e. The quantitative estimate of drug-likeness (QED) is 0.811. The van der Waals surface area contributed by atoms with Crippen LogP contribution in [0.4, 0.5) is 5.69 Å². The second-order valence-corrected chi connectivity index (χ2v) is 7.32. The zero-order valence-electron chi connectivity index (χ0n) is 15.3. The number of hydrogen-bond acceptors (Lipinski definition) is 4. The molecule has 0 bridgehead atoms. The average molecular weight is 388 g/mol. The van der Waals surface area contributed by atoms with Crippen LogP contribution in [0.3, 0.4) is 0 Å². The van der Waals surface area contributed by atoms with Crippen LogP contribution in [0, 0.1) is 0 Å². The minimum atomic E-state index is -0.0957. The predicted octanol–water partition coefficient (Wildman–Crippen LogP) is 2.42. The van der Waals surface area contributed by atoms with Crippen molar-refractivity contribution >= 4 is 23.2 Å². The molecule has 1 aromatic carbocycles. The normalized spacial score (nSPS) is 16.4. The van der Waals surface area contributed by atoms with E-state index in [4.69, 9.17) is 16.3 Å². The van der Waals surface area contributed by atoms with Gasteiger partial charge in [0.2, 0.25) is 0 Å². The van der Waals surface area contributed by atoms with Gasteiger partial charge in [0.15, 0.2) is 0 Å². The number of nitrogens with zero attached hydrogens (tertiary/aromatic N) is 3. The summed E-state index contributed by atoms with van der Waals surface area (Å²) in [4.78, 5) is 29.5. The molecule has 2 aliphatic heterocycles. The number of rotatable bonds is 3. The van der Waals surface area contributed by atoms with E-state index in [2.05, 4.69) is 4.90 Å². The van der Waals surface area contributed by atoms with Crippen molar-refractivity contribution in [1.29, 1.82) is 0 Å². The summed E-state index contributed by atoms with van der Waals surface area (Å²) in [6, 6.07) is 9.20. The number of methoxy groups -OCH3 is 1. The molecule has 0 radical (unpaired) electrons. The molecule has 0 unspecified atom stereocenters. The number of carbonyl (C=O) groups is 1. The minimum Gasteiger partial charge on any atom is -0.496 e. The molecule has 2 aliphatic rings. The third-order valence-electron chi connectivity index (χ3n) is 5.35. The Hall–Kier alpha value is -2.47. The molecular formula is C20H22ClN3O3. The molecule has 2 aromatic rings. The lowest BCUT2D eigenvalue weighted by Gasteiger charge is -2.36. The number of hydrogen-bond donors (Lipinski definition) is 0. The average Bonchev–Trinajstić information content (AvgIpc) is 3.18. The smallest absolute Gasteiger partial charge is 0.259 e. The highest BCUT2D eigenvalue weighted by Gasteiger charge is 2.30. The topological polar surface area (TPSA) is 54.8 Å². The zero-order valence-corrected chi connectivity index (χ0v) is 16.0. The van der Waals surface area contributed by atoms with Crippen LogP contribution >= 0.6 is 11.6 Å². The number of benzene rings is 1. The van der Waals surface area contributed by atoms with Crippen molar-refractivity contribution in [2.75, 3.05) is 38.2 Å². The molecule has 0 atom stereocenters. The van der Waals surface area contributed by atoms with Crippen LogP contribution in [0.5, 0.6) is 5.75 Å². The summed E-state index contributed by atoms with van der Waals surface area (Å²) in [6.45, 7) is 3.38. The van der Waals surface area contributed by atoms with E-state index in [0.717, 1.165) is 37.3 Å². The van der Waals surface area contributed by atoms with Gasteiger partial charge < -0.3 is 19.1 Å². The molecule has 0 aliphatic carbocycles. The fourth-order valence-electron chi connectivity index (χ4n) is 3.97. The molecule has 27 heavy (non-hydrogen) atoms. The maximum atomic E-state index is 13.2. The number of fused-ring (bicyclic) bond motifs is 1. The summed E-state index contributed by atoms with van der Waals surface area (Å²) in [6.07, 6.45) is 1.61. The maximum absolute atomic E-state index is 13.2. The van der Waals surface area contributed by atoms with E-state index in [-0.39, 0.29) is 11.5 Å². The molecule has 1 aromatic heterocycles. The van der Waals surface area contributed by atoms with E-state index in [1.54, 1.807) is 4.57 Å². The predicted molar refractivity (Wildman–Crippen MR) is 105 cm³/mol. The summed E-state index contributed by atoms with van der Waals surface area (Å²) in [7, 11) is 1.51. The van der Waals surface area contributed by atoms with Gasteiger partial charge in [0.25, 0.3) is 11.5 Å². The summed E-state index contributed by atoms with van der Waals surface area (Å²) >= 11 is 6.09. The van der Waals surface area contributed by atoms with E-state index >= 15 is 0 Å². The van der Waals surface area contributed by atoms with Crippen molar-refractivity contribution in [2.45, 2.75) is 19.4 Å². The molecule has 0 N–H and O–H groups in total. The van der Waals surface area contributed by atoms with Crippen molar-refractivity contribution in [1.82, 2.24) is 9.47 Å². The first kappa shape index (κ1) is 17.9. The fourth-order valence-corrected chi connectivity index (χ4v) is 4.16. The molecule has 6 nitrogen and oxygen atoms in total. The fraction of sp³-hybridized carbons (Fsp3) is 0.400. The first-order valence-corrected chi connectivity index (χ1v) is 9.57. The Balaban J connectivity index is 1.55. The molecule has 1 saturated heterocycles. The molecule has 0 spiro atoms. The summed E-state index contributed by atoms with van der Waals surface area (Å²) in [5, 5.41) is 0.709. The Bertz CT molecular complexity index is 933. The van der Waals surface area contributed by atoms with Gasteiger partial charge in [0.05, 0.1) is 7.11 Å². The molecule has 3 heterocycles. The molecule has 142 valence electrons. The Labute approximate surface area is 162 Å². The third-order valence-corrected chi connectivity index (χ3v) is 5.59. The van der Waals surface area contributed by atoms with E-state index in [1.807, 2.05) is 29.2 Å². The van der Waals surface area contributed by atoms with E-state index in [0.29, 0.717) is 36.0 Å². The highest BCUT2D eigenvalue weighted by molar-refractivity contribution is 6.30. The van der Waals surface area contributed by atoms with Gasteiger partial charge in [-0.2, -0.15) is 0 Å². The van der Waals surface area contributed by atoms with E-state index < -0.39 is 0 Å². The van der Waals surface area contributed by atoms with Crippen LogP contribution in [0.15, 0.2) is 35.1 Å². The van der Waals surface area contributed by atoms with Gasteiger partial charge in [0.1, 0.15) is 11.3 Å². The van der Waals surface area contributed by atoms with Gasteiger partial charge in [-0.25, -0.2) is 0 Å². The molecule has 0 saturated carbocycles. The van der Waals surface area contributed by atoms with Gasteiger partial charge in [-0.15, -0.1) is 0 Å². The number of aromatic nitrogens is 1. The lowest BCUT2D eigenvalue weighted by Crippen LogP contribution is -2.49. The van der Waals surface area contributed by atoms with Gasteiger partial charge in [-0.05, 0) is 31.0 Å². The van der Waals surface area contributed by atoms with Crippen molar-refractivity contribution in [2.24, 2.45) is 0 Å². The summed E-state index contributed by atoms with van der Waals surface area (Å²) in [5.41, 5.74) is 2.33. The van der Waals surface area contributed by atoms with Gasteiger partial charge in [-0.1, -0.05) is 17.7 Å². The highest BCUT2D eigenvalue weighted by Crippen LogP contribution is 2.28. The lowest BCUT2D eigenvalue weighted by molar-refractivity contribution is 0.0741. The lowest BCUT2D eigenvalue weighted by atomic mass is 10.1. The number of pyridine rings is 1. The van der Waals surface area contributed by atoms with Crippen LogP contribution < -0.4 is 15.2 Å². The Morgan fingerprint density at radius 1 is 1.11 bits per heavy atom. The van der Waals surface area contributed by atoms with Gasteiger partial charge in [0, 0.05) is 55.2 Å². The summed E-state index contributed by atoms with van der Waals surface area (Å²) < 4.78 is 7.09. The van der Waals surface area contributed by atoms with Crippen molar-refractivity contribution in [3.8, 4) is 5.75 Å². The minimum absolute atomic E-state index is 0.0526. The van der Waals surface area contributed by atoms with Crippen molar-refractivity contribution < 1.29 is 9.53 Å². The number of anilines is 1. The van der Waals surface area contributed by atoms with Crippen molar-refractivity contribution in [3.63, 3.8) is 0 Å². The molecule has 7 heteroatoms. The van der Waals surface area contributed by atoms with Gasteiger partial charge >= 0.3 is 0 Å². The van der Waals surface area contributed by atoms with Crippen LogP contribution in [0.2, 0.25) is 5.02 Å². The Kier molecular flexibility index (Phi) is 4.83. The zero-order chi connectivity index (χ0) is 19.0. The van der Waals surface area contributed by atoms with Crippen LogP contribution in [-0.4, -0.2) is 48.7 Å². The van der Waals surface area contributed by atoms with Crippen LogP contribution in [0.25, 0.3) is 0 Å². The Morgan fingerprint density at radius 2 is 1.89 bits per heavy atom. The summed E-state index contributed by atoms with van der Waals surface area (Å²) in [5.74, 6) is 0.332. The molecule has 1 fully saturated rings. The number of amides is 1. The van der Waals surface area contributed by atoms with Crippen LogP contribution in [0.1, 0.15) is 22.5 Å². The first-order valence-electron chi connectivity index (χ1n) is 9.19. The third kappa shape index (κ3) is 3.30. The van der Waals surface area contributed by atoms with Crippen LogP contribution in [-0.2, 0) is 13.0 Å². The SMILES string of the molecule is COc1cc(=O)n2c(c1C(=O)N1CCN(c3cccc(Cl)c3)CC1)CCC2. The molecule has 4 rings (SSSR count). The monoisotopic (exact) mass is 387 g/mol. The first-order chi connectivity index (χ1) is 13.1. The number of piperazine rings is 1. The van der Waals surface area contributed by atoms with Crippen molar-refractivity contribution in [3.05, 3.63) is 57.0 Å². The Morgan fingerprint density at radius 3 is 2.59 bits per heavy atom. The number of halogens is 1. The second-order valence-electron chi connectivity index (χ2n) is 6.89. The second kappa shape index (κ2) is 7.27. The highest BCUT2D eigenvalue weighted by atomic mass is 35.5. The molecular weight excluding hydrogens is 366 g/mol. The maximum Gasteiger partial charge on any atom is 0.259 e.